The SMILES string of the molecule is C[SiH2]C(C)(C)OC(=O)C(C)Br. The highest BCUT2D eigenvalue weighted by atomic mass is 79.9. The highest BCUT2D eigenvalue weighted by molar-refractivity contribution is 9.10. The van der Waals surface area contributed by atoms with Crippen molar-refractivity contribution in [3.63, 3.8) is 0 Å². The second kappa shape index (κ2) is 4.26. The molecular weight excluding hydrogens is 224 g/mol. The summed E-state index contributed by atoms with van der Waals surface area (Å²) in [6.45, 7) is 7.83. The maximum Gasteiger partial charge on any atom is 0.319 e. The van der Waals surface area contributed by atoms with Crippen molar-refractivity contribution in [1.82, 2.24) is 0 Å². The minimum atomic E-state index is -0.297. The van der Waals surface area contributed by atoms with E-state index >= 15 is 0 Å². The maximum absolute atomic E-state index is 11.1. The number of hydrogen-bond donors (Lipinski definition) is 0. The largest absolute Gasteiger partial charge is 0.464 e. The fraction of sp³-hybridized carbons (Fsp3) is 0.857. The van der Waals surface area contributed by atoms with Crippen molar-refractivity contribution >= 4 is 31.4 Å². The second-order valence-corrected chi connectivity index (χ2v) is 6.93. The summed E-state index contributed by atoms with van der Waals surface area (Å²) in [5, 5.41) is -0.195. The number of alkyl halides is 1. The highest BCUT2D eigenvalue weighted by Gasteiger charge is 2.22. The van der Waals surface area contributed by atoms with Crippen molar-refractivity contribution in [2.24, 2.45) is 0 Å². The molecule has 0 aromatic heterocycles. The quantitative estimate of drug-likeness (QED) is 0.421. The van der Waals surface area contributed by atoms with E-state index in [1.807, 2.05) is 13.8 Å². The molecule has 2 nitrogen and oxygen atoms in total. The van der Waals surface area contributed by atoms with E-state index in [4.69, 9.17) is 4.74 Å². The molecule has 11 heavy (non-hydrogen) atoms. The minimum absolute atomic E-state index is 0.163. The monoisotopic (exact) mass is 238 g/mol. The molecule has 0 fully saturated rings. The summed E-state index contributed by atoms with van der Waals surface area (Å²) < 4.78 is 5.22. The van der Waals surface area contributed by atoms with Gasteiger partial charge in [0.1, 0.15) is 4.83 Å². The van der Waals surface area contributed by atoms with Crippen LogP contribution in [0.2, 0.25) is 6.55 Å². The topological polar surface area (TPSA) is 26.3 Å². The van der Waals surface area contributed by atoms with Crippen LogP contribution in [0.25, 0.3) is 0 Å². The summed E-state index contributed by atoms with van der Waals surface area (Å²) in [7, 11) is -0.297. The van der Waals surface area contributed by atoms with Crippen molar-refractivity contribution in [3.8, 4) is 0 Å². The zero-order valence-electron chi connectivity index (χ0n) is 7.48. The summed E-state index contributed by atoms with van der Waals surface area (Å²) in [4.78, 5) is 10.9. The maximum atomic E-state index is 11.1. The third-order valence-corrected chi connectivity index (χ3v) is 3.77. The molecule has 0 rings (SSSR count). The van der Waals surface area contributed by atoms with Gasteiger partial charge in [0.2, 0.25) is 0 Å². The second-order valence-electron chi connectivity index (χ2n) is 3.15. The van der Waals surface area contributed by atoms with E-state index in [0.717, 1.165) is 0 Å². The van der Waals surface area contributed by atoms with Crippen LogP contribution in [0.15, 0.2) is 0 Å². The lowest BCUT2D eigenvalue weighted by atomic mass is 10.4. The van der Waals surface area contributed by atoms with E-state index in [1.165, 1.54) is 0 Å². The van der Waals surface area contributed by atoms with E-state index in [9.17, 15) is 4.79 Å². The minimum Gasteiger partial charge on any atom is -0.464 e. The molecule has 1 unspecified atom stereocenters. The van der Waals surface area contributed by atoms with E-state index in [1.54, 1.807) is 6.92 Å². The molecular formula is C7H15BrO2Si. The molecule has 0 aromatic carbocycles. The van der Waals surface area contributed by atoms with Crippen LogP contribution < -0.4 is 0 Å². The summed E-state index contributed by atoms with van der Waals surface area (Å²) in [6.07, 6.45) is 0. The van der Waals surface area contributed by atoms with Crippen LogP contribution in [0.3, 0.4) is 0 Å². The Labute approximate surface area is 78.6 Å². The molecule has 0 spiro atoms. The van der Waals surface area contributed by atoms with Gasteiger partial charge in [0.25, 0.3) is 0 Å². The number of halogens is 1. The predicted molar refractivity (Wildman–Crippen MR) is 53.0 cm³/mol. The Morgan fingerprint density at radius 3 is 2.36 bits per heavy atom. The third kappa shape index (κ3) is 4.58. The molecule has 0 radical (unpaired) electrons. The normalized spacial score (nSPS) is 15.4. The molecule has 0 N–H and O–H groups in total. The number of ether oxygens (including phenoxy) is 1. The van der Waals surface area contributed by atoms with Gasteiger partial charge >= 0.3 is 5.97 Å². The predicted octanol–water partition coefficient (Wildman–Crippen LogP) is 1.27. The molecule has 66 valence electrons. The van der Waals surface area contributed by atoms with Crippen LogP contribution in [0, 0.1) is 0 Å². The average Bonchev–Trinajstić information content (AvgIpc) is 1.87. The molecule has 1 atom stereocenters. The summed E-state index contributed by atoms with van der Waals surface area (Å²) in [5.41, 5.74) is 0. The Balaban J connectivity index is 3.94. The van der Waals surface area contributed by atoms with Crippen LogP contribution in [0.1, 0.15) is 20.8 Å². The third-order valence-electron chi connectivity index (χ3n) is 1.55. The van der Waals surface area contributed by atoms with Crippen molar-refractivity contribution in [2.75, 3.05) is 0 Å². The average molecular weight is 239 g/mol. The molecule has 4 heteroatoms. The van der Waals surface area contributed by atoms with Crippen LogP contribution >= 0.6 is 15.9 Å². The van der Waals surface area contributed by atoms with Gasteiger partial charge in [-0.2, -0.15) is 0 Å². The van der Waals surface area contributed by atoms with Crippen LogP contribution in [0.5, 0.6) is 0 Å². The van der Waals surface area contributed by atoms with Crippen molar-refractivity contribution in [3.05, 3.63) is 0 Å². The van der Waals surface area contributed by atoms with Crippen LogP contribution in [0.4, 0.5) is 0 Å². The van der Waals surface area contributed by atoms with E-state index < -0.39 is 0 Å². The fourth-order valence-electron chi connectivity index (χ4n) is 0.426. The summed E-state index contributed by atoms with van der Waals surface area (Å²) in [6, 6.07) is 0. The van der Waals surface area contributed by atoms with E-state index in [2.05, 4.69) is 22.5 Å². The van der Waals surface area contributed by atoms with Gasteiger partial charge in [-0.3, -0.25) is 4.79 Å². The van der Waals surface area contributed by atoms with Crippen molar-refractivity contribution in [2.45, 2.75) is 37.4 Å². The van der Waals surface area contributed by atoms with Gasteiger partial charge in [-0.05, 0) is 20.8 Å². The number of rotatable bonds is 3. The molecule has 0 aliphatic heterocycles. The molecule has 0 amide bonds. The van der Waals surface area contributed by atoms with Gasteiger partial charge in [-0.15, -0.1) is 0 Å². The Hall–Kier alpha value is 0.167. The number of hydrogen-bond acceptors (Lipinski definition) is 2. The highest BCUT2D eigenvalue weighted by Crippen LogP contribution is 2.11. The number of carbonyl (C=O) groups is 1. The Kier molecular flexibility index (Phi) is 4.32. The van der Waals surface area contributed by atoms with E-state index in [-0.39, 0.29) is 25.5 Å². The van der Waals surface area contributed by atoms with Crippen molar-refractivity contribution in [1.29, 1.82) is 0 Å². The van der Waals surface area contributed by atoms with Crippen LogP contribution in [-0.2, 0) is 9.53 Å². The summed E-state index contributed by atoms with van der Waals surface area (Å²) >= 11 is 3.16. The molecule has 0 saturated heterocycles. The van der Waals surface area contributed by atoms with Crippen molar-refractivity contribution < 1.29 is 9.53 Å². The Morgan fingerprint density at radius 2 is 2.09 bits per heavy atom. The van der Waals surface area contributed by atoms with E-state index in [0.29, 0.717) is 0 Å². The van der Waals surface area contributed by atoms with Gasteiger partial charge in [-0.1, -0.05) is 22.5 Å². The summed E-state index contributed by atoms with van der Waals surface area (Å²) in [5.74, 6) is -0.163. The lowest BCUT2D eigenvalue weighted by Gasteiger charge is -2.23. The molecule has 0 aliphatic carbocycles. The molecule has 0 bridgehead atoms. The Bertz CT molecular complexity index is 145. The lowest BCUT2D eigenvalue weighted by molar-refractivity contribution is -0.149. The van der Waals surface area contributed by atoms with Gasteiger partial charge in [-0.25, -0.2) is 0 Å². The smallest absolute Gasteiger partial charge is 0.319 e. The molecule has 0 aromatic rings. The van der Waals surface area contributed by atoms with Crippen LogP contribution in [-0.4, -0.2) is 25.5 Å². The molecule has 0 heterocycles. The van der Waals surface area contributed by atoms with Gasteiger partial charge in [0.15, 0.2) is 0 Å². The first-order valence-electron chi connectivity index (χ1n) is 3.76. The fourth-order valence-corrected chi connectivity index (χ4v) is 0.806. The Morgan fingerprint density at radius 1 is 1.64 bits per heavy atom. The first-order valence-corrected chi connectivity index (χ1v) is 6.79. The van der Waals surface area contributed by atoms with Gasteiger partial charge in [0.05, 0.1) is 14.7 Å². The number of esters is 1. The number of carbonyl (C=O) groups excluding carboxylic acids is 1. The first kappa shape index (κ1) is 11.2. The lowest BCUT2D eigenvalue weighted by Crippen LogP contribution is -2.35. The molecule has 0 aliphatic rings. The standard InChI is InChI=1S/C7H15BrO2Si/c1-5(8)6(9)10-7(2,3)11-4/h5H,11H2,1-4H3. The zero-order valence-corrected chi connectivity index (χ0v) is 10.5. The van der Waals surface area contributed by atoms with Gasteiger partial charge in [0, 0.05) is 0 Å². The molecule has 0 saturated carbocycles. The van der Waals surface area contributed by atoms with Gasteiger partial charge < -0.3 is 4.74 Å². The zero-order chi connectivity index (χ0) is 9.07. The first-order chi connectivity index (χ1) is 4.89.